The Morgan fingerprint density at radius 1 is 1.33 bits per heavy atom. The van der Waals surface area contributed by atoms with Crippen LogP contribution in [0.2, 0.25) is 0 Å². The van der Waals surface area contributed by atoms with Gasteiger partial charge in [0, 0.05) is 37.7 Å². The highest BCUT2D eigenvalue weighted by atomic mass is 16.5. The minimum atomic E-state index is 0.313. The van der Waals surface area contributed by atoms with Crippen LogP contribution in [0.4, 0.5) is 0 Å². The van der Waals surface area contributed by atoms with E-state index < -0.39 is 0 Å². The monoisotopic (exact) mass is 256 g/mol. The Morgan fingerprint density at radius 2 is 2.17 bits per heavy atom. The lowest BCUT2D eigenvalue weighted by atomic mass is 9.93. The minimum Gasteiger partial charge on any atom is -0.381 e. The quantitative estimate of drug-likeness (QED) is 0.799. The molecule has 3 unspecified atom stereocenters. The van der Waals surface area contributed by atoms with Crippen LogP contribution in [0, 0.1) is 5.92 Å². The van der Waals surface area contributed by atoms with Gasteiger partial charge in [-0.2, -0.15) is 0 Å². The summed E-state index contributed by atoms with van der Waals surface area (Å²) >= 11 is 0. The third-order valence-electron chi connectivity index (χ3n) is 4.17. The summed E-state index contributed by atoms with van der Waals surface area (Å²) in [5, 5.41) is 3.62. The maximum absolute atomic E-state index is 6.03. The maximum atomic E-state index is 6.03. The summed E-state index contributed by atoms with van der Waals surface area (Å²) < 4.78 is 11.6. The van der Waals surface area contributed by atoms with Crippen molar-refractivity contribution < 1.29 is 9.47 Å². The van der Waals surface area contributed by atoms with E-state index in [0.29, 0.717) is 24.1 Å². The Morgan fingerprint density at radius 3 is 2.78 bits per heavy atom. The summed E-state index contributed by atoms with van der Waals surface area (Å²) in [6.07, 6.45) is 1.48. The first kappa shape index (κ1) is 14.3. The zero-order chi connectivity index (χ0) is 13.0. The van der Waals surface area contributed by atoms with Gasteiger partial charge in [-0.15, -0.1) is 0 Å². The Kier molecular flexibility index (Phi) is 5.42. The molecule has 1 N–H and O–H groups in total. The third kappa shape index (κ3) is 3.44. The number of hydrogen-bond donors (Lipinski definition) is 1. The Hall–Kier alpha value is -0.160. The van der Waals surface area contributed by atoms with Crippen LogP contribution in [0.1, 0.15) is 27.2 Å². The van der Waals surface area contributed by atoms with Gasteiger partial charge in [-0.25, -0.2) is 0 Å². The van der Waals surface area contributed by atoms with Gasteiger partial charge in [0.05, 0.1) is 19.3 Å². The first-order valence-corrected chi connectivity index (χ1v) is 7.39. The van der Waals surface area contributed by atoms with Crippen molar-refractivity contribution >= 4 is 0 Å². The van der Waals surface area contributed by atoms with Crippen LogP contribution in [0.25, 0.3) is 0 Å². The zero-order valence-electron chi connectivity index (χ0n) is 12.0. The largest absolute Gasteiger partial charge is 0.381 e. The molecule has 2 heterocycles. The molecular formula is C14H28N2O2. The topological polar surface area (TPSA) is 33.7 Å². The van der Waals surface area contributed by atoms with Crippen molar-refractivity contribution in [3.8, 4) is 0 Å². The van der Waals surface area contributed by atoms with E-state index in [0.717, 1.165) is 39.5 Å². The molecule has 2 saturated heterocycles. The van der Waals surface area contributed by atoms with Crippen molar-refractivity contribution in [1.82, 2.24) is 10.2 Å². The molecule has 0 bridgehead atoms. The molecule has 2 fully saturated rings. The van der Waals surface area contributed by atoms with Gasteiger partial charge in [0.2, 0.25) is 0 Å². The van der Waals surface area contributed by atoms with Crippen LogP contribution >= 0.6 is 0 Å². The average Bonchev–Trinajstić information content (AvgIpc) is 2.89. The number of hydrogen-bond acceptors (Lipinski definition) is 4. The van der Waals surface area contributed by atoms with E-state index in [9.17, 15) is 0 Å². The molecule has 0 aromatic rings. The molecule has 2 rings (SSSR count). The number of morpholine rings is 1. The molecule has 0 radical (unpaired) electrons. The van der Waals surface area contributed by atoms with E-state index in [1.807, 2.05) is 0 Å². The fourth-order valence-electron chi connectivity index (χ4n) is 3.06. The van der Waals surface area contributed by atoms with Crippen LogP contribution in [-0.2, 0) is 9.47 Å². The van der Waals surface area contributed by atoms with Crippen molar-refractivity contribution in [3.05, 3.63) is 0 Å². The maximum Gasteiger partial charge on any atom is 0.0858 e. The zero-order valence-corrected chi connectivity index (χ0v) is 12.0. The lowest BCUT2D eigenvalue weighted by Gasteiger charge is -2.40. The van der Waals surface area contributed by atoms with Gasteiger partial charge < -0.3 is 14.8 Å². The minimum absolute atomic E-state index is 0.313. The van der Waals surface area contributed by atoms with E-state index in [1.165, 1.54) is 6.42 Å². The van der Waals surface area contributed by atoms with Crippen molar-refractivity contribution in [2.24, 2.45) is 5.92 Å². The first-order chi connectivity index (χ1) is 8.72. The fraction of sp³-hybridized carbons (Fsp3) is 1.00. The van der Waals surface area contributed by atoms with Gasteiger partial charge in [0.25, 0.3) is 0 Å². The fourth-order valence-corrected chi connectivity index (χ4v) is 3.06. The first-order valence-electron chi connectivity index (χ1n) is 7.39. The second-order valence-corrected chi connectivity index (χ2v) is 5.71. The molecule has 106 valence electrons. The summed E-state index contributed by atoms with van der Waals surface area (Å²) in [7, 11) is 0. The van der Waals surface area contributed by atoms with Crippen LogP contribution in [-0.4, -0.2) is 62.5 Å². The highest BCUT2D eigenvalue weighted by Gasteiger charge is 2.35. The highest BCUT2D eigenvalue weighted by Crippen LogP contribution is 2.23. The molecule has 3 atom stereocenters. The predicted octanol–water partition coefficient (Wildman–Crippen LogP) is 1.11. The molecule has 0 aliphatic carbocycles. The Bertz CT molecular complexity index is 242. The summed E-state index contributed by atoms with van der Waals surface area (Å²) in [4.78, 5) is 2.52. The molecule has 18 heavy (non-hydrogen) atoms. The summed E-state index contributed by atoms with van der Waals surface area (Å²) in [5.74, 6) is 0.613. The number of nitrogens with zero attached hydrogens (tertiary/aromatic N) is 1. The summed E-state index contributed by atoms with van der Waals surface area (Å²) in [6.45, 7) is 12.5. The molecular weight excluding hydrogens is 228 g/mol. The van der Waals surface area contributed by atoms with Crippen molar-refractivity contribution in [1.29, 1.82) is 0 Å². The van der Waals surface area contributed by atoms with Gasteiger partial charge in [0.1, 0.15) is 0 Å². The average molecular weight is 256 g/mol. The van der Waals surface area contributed by atoms with Crippen LogP contribution in [0.3, 0.4) is 0 Å². The van der Waals surface area contributed by atoms with Gasteiger partial charge in [-0.3, -0.25) is 4.90 Å². The van der Waals surface area contributed by atoms with Gasteiger partial charge in [-0.1, -0.05) is 6.92 Å². The van der Waals surface area contributed by atoms with E-state index in [2.05, 4.69) is 31.0 Å². The second kappa shape index (κ2) is 6.85. The van der Waals surface area contributed by atoms with Crippen molar-refractivity contribution in [3.63, 3.8) is 0 Å². The van der Waals surface area contributed by atoms with E-state index >= 15 is 0 Å². The molecule has 0 spiro atoms. The lowest BCUT2D eigenvalue weighted by Crippen LogP contribution is -2.56. The third-order valence-corrected chi connectivity index (χ3v) is 4.17. The highest BCUT2D eigenvalue weighted by molar-refractivity contribution is 4.90. The van der Waals surface area contributed by atoms with E-state index in [-0.39, 0.29) is 0 Å². The number of rotatable bonds is 5. The van der Waals surface area contributed by atoms with E-state index in [1.54, 1.807) is 0 Å². The predicted molar refractivity (Wildman–Crippen MR) is 72.8 cm³/mol. The van der Waals surface area contributed by atoms with Gasteiger partial charge in [0.15, 0.2) is 0 Å². The summed E-state index contributed by atoms with van der Waals surface area (Å²) in [6, 6.07) is 1.05. The molecule has 2 aliphatic heterocycles. The molecule has 0 saturated carbocycles. The van der Waals surface area contributed by atoms with Crippen LogP contribution in [0.15, 0.2) is 0 Å². The molecule has 4 nitrogen and oxygen atoms in total. The van der Waals surface area contributed by atoms with E-state index in [4.69, 9.17) is 9.47 Å². The SMILES string of the molecule is CCNC(C1CCOC1)C1CN(C(C)C)CCO1. The van der Waals surface area contributed by atoms with Crippen LogP contribution in [0.5, 0.6) is 0 Å². The van der Waals surface area contributed by atoms with Crippen LogP contribution < -0.4 is 5.32 Å². The lowest BCUT2D eigenvalue weighted by molar-refractivity contribution is -0.0648. The van der Waals surface area contributed by atoms with Gasteiger partial charge in [-0.05, 0) is 26.8 Å². The molecule has 0 aromatic carbocycles. The summed E-state index contributed by atoms with van der Waals surface area (Å²) in [5.41, 5.74) is 0. The number of ether oxygens (including phenoxy) is 2. The number of nitrogens with one attached hydrogen (secondary N) is 1. The standard InChI is InChI=1S/C14H28N2O2/c1-4-15-14(12-5-7-17-10-12)13-9-16(11(2)3)6-8-18-13/h11-15H,4-10H2,1-3H3. The van der Waals surface area contributed by atoms with Gasteiger partial charge >= 0.3 is 0 Å². The molecule has 4 heteroatoms. The Labute approximate surface area is 111 Å². The molecule has 0 amide bonds. The number of likely N-dealkylation sites (N-methyl/N-ethyl adjacent to an activating group) is 1. The smallest absolute Gasteiger partial charge is 0.0858 e. The van der Waals surface area contributed by atoms with Crippen molar-refractivity contribution in [2.45, 2.75) is 45.4 Å². The second-order valence-electron chi connectivity index (χ2n) is 5.71. The Balaban J connectivity index is 1.96. The normalized spacial score (nSPS) is 32.0. The molecule has 0 aromatic heterocycles. The molecule has 2 aliphatic rings. The van der Waals surface area contributed by atoms with Crippen molar-refractivity contribution in [2.75, 3.05) is 39.5 Å².